The van der Waals surface area contributed by atoms with E-state index < -0.39 is 0 Å². The van der Waals surface area contributed by atoms with Gasteiger partial charge in [0.1, 0.15) is 5.82 Å². The van der Waals surface area contributed by atoms with Crippen LogP contribution in [-0.4, -0.2) is 77.4 Å². The van der Waals surface area contributed by atoms with E-state index in [1.807, 2.05) is 41.3 Å². The molecule has 5 rings (SSSR count). The first-order valence-electron chi connectivity index (χ1n) is 13.3. The lowest BCUT2D eigenvalue weighted by Crippen LogP contribution is -2.62. The summed E-state index contributed by atoms with van der Waals surface area (Å²) in [7, 11) is 0. The lowest BCUT2D eigenvalue weighted by Gasteiger charge is -2.49. The normalized spacial score (nSPS) is 24.2. The number of piperidine rings is 2. The van der Waals surface area contributed by atoms with Gasteiger partial charge in [0.25, 0.3) is 0 Å². The molecule has 3 saturated heterocycles. The summed E-state index contributed by atoms with van der Waals surface area (Å²) in [6.07, 6.45) is 5.92. The molecule has 0 bridgehead atoms. The Kier molecular flexibility index (Phi) is 8.34. The van der Waals surface area contributed by atoms with Gasteiger partial charge in [0, 0.05) is 76.3 Å². The Labute approximate surface area is 229 Å². The van der Waals surface area contributed by atoms with Gasteiger partial charge in [-0.3, -0.25) is 19.4 Å². The van der Waals surface area contributed by atoms with Crippen LogP contribution < -0.4 is 10.2 Å². The number of halogens is 2. The highest BCUT2D eigenvalue weighted by Crippen LogP contribution is 2.39. The first-order valence-corrected chi connectivity index (χ1v) is 14.1. The smallest absolute Gasteiger partial charge is 0.228 e. The first-order chi connectivity index (χ1) is 17.9. The number of carbonyl (C=O) groups excluding carboxylic acids is 2. The predicted octanol–water partition coefficient (Wildman–Crippen LogP) is 4.34. The van der Waals surface area contributed by atoms with Crippen molar-refractivity contribution in [1.82, 2.24) is 20.1 Å². The van der Waals surface area contributed by atoms with Crippen molar-refractivity contribution >= 4 is 40.8 Å². The summed E-state index contributed by atoms with van der Waals surface area (Å²) >= 11 is 12.6. The molecule has 3 aliphatic rings. The van der Waals surface area contributed by atoms with Gasteiger partial charge in [-0.2, -0.15) is 0 Å². The summed E-state index contributed by atoms with van der Waals surface area (Å²) in [6, 6.07) is 12.5. The van der Waals surface area contributed by atoms with Gasteiger partial charge in [0.2, 0.25) is 11.8 Å². The van der Waals surface area contributed by atoms with Crippen molar-refractivity contribution < 1.29 is 9.59 Å². The van der Waals surface area contributed by atoms with Crippen molar-refractivity contribution in [3.8, 4) is 0 Å². The van der Waals surface area contributed by atoms with Crippen molar-refractivity contribution in [1.29, 1.82) is 0 Å². The van der Waals surface area contributed by atoms with E-state index in [0.717, 1.165) is 64.0 Å². The van der Waals surface area contributed by atoms with Gasteiger partial charge < -0.3 is 10.2 Å². The number of benzene rings is 1. The molecular formula is C28H35Cl2N5O2. The molecule has 37 heavy (non-hydrogen) atoms. The van der Waals surface area contributed by atoms with Crippen LogP contribution in [0.2, 0.25) is 10.0 Å². The fraction of sp³-hybridized carbons (Fsp3) is 0.536. The second-order valence-electron chi connectivity index (χ2n) is 10.6. The number of anilines is 1. The molecule has 4 heterocycles. The van der Waals surface area contributed by atoms with E-state index in [2.05, 4.69) is 20.1 Å². The standard InChI is InChI=1S/C28H35Cl2N5O2/c1-19(36)32-21-9-14-34(15-10-21)22-17-33(18-22)13-11-26-23(20-5-7-24(29)25(30)16-20)6-8-28(37)35(26)27-4-2-3-12-31-27/h2-5,7,12,16,21-23,26H,6,8-11,13-15,17-18H2,1H3,(H,32,36)/t23-,26?/m0/s1. The molecular weight excluding hydrogens is 509 g/mol. The second-order valence-corrected chi connectivity index (χ2v) is 11.4. The zero-order chi connectivity index (χ0) is 25.9. The maximum Gasteiger partial charge on any atom is 0.228 e. The summed E-state index contributed by atoms with van der Waals surface area (Å²) in [5.41, 5.74) is 1.12. The summed E-state index contributed by atoms with van der Waals surface area (Å²) in [6.45, 7) is 6.69. The average Bonchev–Trinajstić information content (AvgIpc) is 2.86. The molecule has 1 unspecified atom stereocenters. The number of amides is 2. The number of likely N-dealkylation sites (tertiary alicyclic amines) is 2. The van der Waals surface area contributed by atoms with Crippen molar-refractivity contribution in [2.45, 2.75) is 63.1 Å². The molecule has 2 aromatic rings. The van der Waals surface area contributed by atoms with Gasteiger partial charge in [0.15, 0.2) is 0 Å². The maximum atomic E-state index is 13.2. The molecule has 198 valence electrons. The molecule has 0 saturated carbocycles. The molecule has 3 aliphatic heterocycles. The van der Waals surface area contributed by atoms with E-state index in [4.69, 9.17) is 23.2 Å². The van der Waals surface area contributed by atoms with Crippen LogP contribution in [-0.2, 0) is 9.59 Å². The van der Waals surface area contributed by atoms with Crippen molar-refractivity contribution in [3.63, 3.8) is 0 Å². The topological polar surface area (TPSA) is 68.8 Å². The molecule has 0 spiro atoms. The molecule has 9 heteroatoms. The number of hydrogen-bond donors (Lipinski definition) is 1. The van der Waals surface area contributed by atoms with E-state index in [1.54, 1.807) is 13.1 Å². The number of pyridine rings is 1. The van der Waals surface area contributed by atoms with Crippen LogP contribution in [0.1, 0.15) is 50.5 Å². The zero-order valence-corrected chi connectivity index (χ0v) is 22.8. The number of nitrogens with zero attached hydrogens (tertiary/aromatic N) is 4. The maximum absolute atomic E-state index is 13.2. The van der Waals surface area contributed by atoms with Crippen LogP contribution in [0.25, 0.3) is 0 Å². The molecule has 1 aromatic heterocycles. The van der Waals surface area contributed by atoms with Gasteiger partial charge in [-0.05, 0) is 55.5 Å². The van der Waals surface area contributed by atoms with Crippen molar-refractivity contribution in [3.05, 3.63) is 58.2 Å². The summed E-state index contributed by atoms with van der Waals surface area (Å²) in [4.78, 5) is 36.0. The van der Waals surface area contributed by atoms with Gasteiger partial charge in [-0.25, -0.2) is 4.98 Å². The zero-order valence-electron chi connectivity index (χ0n) is 21.3. The molecule has 1 N–H and O–H groups in total. The summed E-state index contributed by atoms with van der Waals surface area (Å²) < 4.78 is 0. The van der Waals surface area contributed by atoms with E-state index in [1.165, 1.54) is 0 Å². The van der Waals surface area contributed by atoms with Crippen LogP contribution >= 0.6 is 23.2 Å². The number of rotatable bonds is 7. The lowest BCUT2D eigenvalue weighted by molar-refractivity contribution is -0.121. The molecule has 3 fully saturated rings. The highest BCUT2D eigenvalue weighted by molar-refractivity contribution is 6.42. The minimum absolute atomic E-state index is 0.000780. The molecule has 1 aromatic carbocycles. The van der Waals surface area contributed by atoms with Gasteiger partial charge in [0.05, 0.1) is 10.0 Å². The van der Waals surface area contributed by atoms with Crippen molar-refractivity contribution in [2.75, 3.05) is 37.6 Å². The quantitative estimate of drug-likeness (QED) is 0.562. The third-order valence-electron chi connectivity index (χ3n) is 8.13. The molecule has 0 aliphatic carbocycles. The largest absolute Gasteiger partial charge is 0.354 e. The fourth-order valence-electron chi connectivity index (χ4n) is 6.18. The van der Waals surface area contributed by atoms with Crippen LogP contribution in [0, 0.1) is 0 Å². The minimum atomic E-state index is 0.000780. The Balaban J connectivity index is 1.24. The van der Waals surface area contributed by atoms with E-state index >= 15 is 0 Å². The Bertz CT molecular complexity index is 1100. The van der Waals surface area contributed by atoms with Gasteiger partial charge >= 0.3 is 0 Å². The Hall–Kier alpha value is -2.19. The molecule has 7 nitrogen and oxygen atoms in total. The van der Waals surface area contributed by atoms with Gasteiger partial charge in [-0.15, -0.1) is 0 Å². The number of carbonyl (C=O) groups is 2. The highest BCUT2D eigenvalue weighted by Gasteiger charge is 2.40. The van der Waals surface area contributed by atoms with Crippen LogP contribution in [0.5, 0.6) is 0 Å². The van der Waals surface area contributed by atoms with Gasteiger partial charge in [-0.1, -0.05) is 35.3 Å². The second kappa shape index (κ2) is 11.7. The Morgan fingerprint density at radius 1 is 1.08 bits per heavy atom. The Morgan fingerprint density at radius 2 is 1.86 bits per heavy atom. The summed E-state index contributed by atoms with van der Waals surface area (Å²) in [5, 5.41) is 4.15. The first kappa shape index (κ1) is 26.4. The molecule has 2 amide bonds. The van der Waals surface area contributed by atoms with E-state index in [-0.39, 0.29) is 23.8 Å². The molecule has 2 atom stereocenters. The van der Waals surface area contributed by atoms with Crippen LogP contribution in [0.15, 0.2) is 42.6 Å². The summed E-state index contributed by atoms with van der Waals surface area (Å²) in [5.74, 6) is 1.07. The third-order valence-corrected chi connectivity index (χ3v) is 8.87. The predicted molar refractivity (Wildman–Crippen MR) is 147 cm³/mol. The van der Waals surface area contributed by atoms with E-state index in [0.29, 0.717) is 34.4 Å². The van der Waals surface area contributed by atoms with Crippen LogP contribution in [0.3, 0.4) is 0 Å². The Morgan fingerprint density at radius 3 is 2.54 bits per heavy atom. The lowest BCUT2D eigenvalue weighted by atomic mass is 9.81. The van der Waals surface area contributed by atoms with E-state index in [9.17, 15) is 9.59 Å². The number of nitrogens with one attached hydrogen (secondary N) is 1. The number of aromatic nitrogens is 1. The SMILES string of the molecule is CC(=O)NC1CCN(C2CN(CCC3[C@H](c4ccc(Cl)c(Cl)c4)CCC(=O)N3c3ccccn3)C2)CC1. The fourth-order valence-corrected chi connectivity index (χ4v) is 6.49. The third kappa shape index (κ3) is 6.11. The minimum Gasteiger partial charge on any atom is -0.354 e. The average molecular weight is 545 g/mol. The molecule has 0 radical (unpaired) electrons. The van der Waals surface area contributed by atoms with Crippen molar-refractivity contribution in [2.24, 2.45) is 0 Å². The number of hydrogen-bond acceptors (Lipinski definition) is 5. The van der Waals surface area contributed by atoms with Crippen LogP contribution in [0.4, 0.5) is 5.82 Å². The highest BCUT2D eigenvalue weighted by atomic mass is 35.5. The monoisotopic (exact) mass is 543 g/mol.